The van der Waals surface area contributed by atoms with Gasteiger partial charge in [-0.15, -0.1) is 11.6 Å². The minimum atomic E-state index is -1.12. The molecule has 5 rings (SSSR count). The van der Waals surface area contributed by atoms with Gasteiger partial charge < -0.3 is 30.0 Å². The van der Waals surface area contributed by atoms with Crippen molar-refractivity contribution in [2.45, 2.75) is 131 Å². The summed E-state index contributed by atoms with van der Waals surface area (Å²) in [4.78, 5) is 25.3. The molecule has 5 saturated carbocycles. The van der Waals surface area contributed by atoms with Crippen LogP contribution in [0.15, 0.2) is 0 Å². The molecule has 10 heteroatoms. The molecule has 5 fully saturated rings. The number of amides is 2. The van der Waals surface area contributed by atoms with E-state index < -0.39 is 28.7 Å². The molecular formula is C26H42ClFN2O6. The van der Waals surface area contributed by atoms with Crippen molar-refractivity contribution in [2.75, 3.05) is 19.8 Å². The molecule has 0 saturated heterocycles. The summed E-state index contributed by atoms with van der Waals surface area (Å²) in [6.07, 6.45) is 6.18. The van der Waals surface area contributed by atoms with E-state index in [1.165, 1.54) is 0 Å². The van der Waals surface area contributed by atoms with Crippen LogP contribution < -0.4 is 10.6 Å². The van der Waals surface area contributed by atoms with E-state index in [-0.39, 0.29) is 43.7 Å². The molecule has 8 nitrogen and oxygen atoms in total. The zero-order chi connectivity index (χ0) is 25.8. The molecular weight excluding hydrogens is 491 g/mol. The van der Waals surface area contributed by atoms with Crippen molar-refractivity contribution in [3.8, 4) is 0 Å². The fourth-order valence-corrected chi connectivity index (χ4v) is 6.72. The third-order valence-electron chi connectivity index (χ3n) is 8.68. The lowest BCUT2D eigenvalue weighted by Crippen LogP contribution is -2.70. The van der Waals surface area contributed by atoms with Gasteiger partial charge in [-0.3, -0.25) is 9.59 Å². The van der Waals surface area contributed by atoms with Gasteiger partial charge >= 0.3 is 0 Å². The molecule has 5 aliphatic rings. The van der Waals surface area contributed by atoms with Crippen molar-refractivity contribution >= 4 is 23.4 Å². The average Bonchev–Trinajstić information content (AvgIpc) is 2.86. The maximum absolute atomic E-state index is 13.8. The predicted octanol–water partition coefficient (Wildman–Crippen LogP) is 2.91. The summed E-state index contributed by atoms with van der Waals surface area (Å²) in [6.45, 7) is 2.59. The van der Waals surface area contributed by atoms with Crippen LogP contribution in [0.2, 0.25) is 0 Å². The number of hydrogen-bond acceptors (Lipinski definition) is 6. The van der Waals surface area contributed by atoms with Crippen molar-refractivity contribution in [3.05, 3.63) is 0 Å². The normalized spacial score (nSPS) is 40.6. The first-order valence-corrected chi connectivity index (χ1v) is 14.1. The number of halogens is 2. The van der Waals surface area contributed by atoms with Gasteiger partial charge in [0.1, 0.15) is 19.4 Å². The summed E-state index contributed by atoms with van der Waals surface area (Å²) in [5.41, 5.74) is -1.18. The van der Waals surface area contributed by atoms with E-state index in [0.717, 1.165) is 32.3 Å². The lowest BCUT2D eigenvalue weighted by atomic mass is 9.60. The average molecular weight is 533 g/mol. The highest BCUT2D eigenvalue weighted by atomic mass is 35.5. The number of hydrogen-bond donors (Lipinski definition) is 3. The highest BCUT2D eigenvalue weighted by Crippen LogP contribution is 2.47. The van der Waals surface area contributed by atoms with E-state index in [2.05, 4.69) is 10.6 Å². The molecule has 0 radical (unpaired) electrons. The number of aliphatic hydroxyl groups excluding tert-OH is 1. The van der Waals surface area contributed by atoms with Gasteiger partial charge in [-0.05, 0) is 77.6 Å². The van der Waals surface area contributed by atoms with Crippen LogP contribution in [0.5, 0.6) is 0 Å². The smallest absolute Gasteiger partial charge is 0.246 e. The molecule has 0 spiro atoms. The fraction of sp³-hybridized carbons (Fsp3) is 0.923. The fourth-order valence-electron chi connectivity index (χ4n) is 6.49. The maximum atomic E-state index is 13.8. The number of rotatable bonds is 10. The monoisotopic (exact) mass is 532 g/mol. The zero-order valence-electron chi connectivity index (χ0n) is 21.3. The van der Waals surface area contributed by atoms with Crippen molar-refractivity contribution in [1.29, 1.82) is 0 Å². The Hall–Kier alpha value is -1.00. The van der Waals surface area contributed by atoms with Gasteiger partial charge in [-0.1, -0.05) is 0 Å². The van der Waals surface area contributed by atoms with E-state index in [1.807, 2.05) is 6.92 Å². The van der Waals surface area contributed by atoms with Crippen LogP contribution in [0.3, 0.4) is 0 Å². The minimum absolute atomic E-state index is 0.0202. The van der Waals surface area contributed by atoms with Crippen molar-refractivity contribution < 1.29 is 33.3 Å². The summed E-state index contributed by atoms with van der Waals surface area (Å²) in [5, 5.41) is 16.6. The largest absolute Gasteiger partial charge is 0.391 e. The molecule has 5 aliphatic carbocycles. The molecule has 0 aromatic heterocycles. The molecule has 2 bridgehead atoms. The third kappa shape index (κ3) is 6.90. The van der Waals surface area contributed by atoms with E-state index in [0.29, 0.717) is 51.0 Å². The Morgan fingerprint density at radius 3 is 2.03 bits per heavy atom. The molecule has 36 heavy (non-hydrogen) atoms. The van der Waals surface area contributed by atoms with Gasteiger partial charge in [0.25, 0.3) is 0 Å². The van der Waals surface area contributed by atoms with Gasteiger partial charge in [0.05, 0.1) is 35.3 Å². The van der Waals surface area contributed by atoms with Gasteiger partial charge in [0.15, 0.2) is 0 Å². The van der Waals surface area contributed by atoms with Crippen LogP contribution in [0.4, 0.5) is 4.39 Å². The Balaban J connectivity index is 1.18. The van der Waals surface area contributed by atoms with Crippen molar-refractivity contribution in [3.63, 3.8) is 0 Å². The summed E-state index contributed by atoms with van der Waals surface area (Å²) >= 11 is 5.92. The number of ether oxygens (including phenoxy) is 3. The van der Waals surface area contributed by atoms with Crippen LogP contribution in [0, 0.1) is 0 Å². The van der Waals surface area contributed by atoms with E-state index in [4.69, 9.17) is 25.8 Å². The second kappa shape index (κ2) is 12.2. The van der Waals surface area contributed by atoms with Crippen LogP contribution >= 0.6 is 11.6 Å². The van der Waals surface area contributed by atoms with Gasteiger partial charge in [0, 0.05) is 18.6 Å². The van der Waals surface area contributed by atoms with Crippen molar-refractivity contribution in [1.82, 2.24) is 10.6 Å². The quantitative estimate of drug-likeness (QED) is 0.374. The summed E-state index contributed by atoms with van der Waals surface area (Å²) < 4.78 is 31.0. The van der Waals surface area contributed by atoms with E-state index in [9.17, 15) is 19.1 Å². The van der Waals surface area contributed by atoms with E-state index >= 15 is 0 Å². The molecule has 0 heterocycles. The number of fused-ring (bicyclic) bond motifs is 3. The topological polar surface area (TPSA) is 106 Å². The van der Waals surface area contributed by atoms with Gasteiger partial charge in [0.2, 0.25) is 11.8 Å². The SMILES string of the molecule is CCOC1CCC(OCC(=O)NC23CCC(NC(=O)COC4CCC(Cl)C(F)C4)(CC2)[C@@H](O)C3)CC1. The number of carbonyl (C=O) groups excluding carboxylic acids is 2. The number of nitrogens with one attached hydrogen (secondary N) is 2. The first-order valence-electron chi connectivity index (χ1n) is 13.7. The first kappa shape index (κ1) is 28.0. The lowest BCUT2D eigenvalue weighted by Gasteiger charge is -2.56. The summed E-state index contributed by atoms with van der Waals surface area (Å²) in [6, 6.07) is 0. The van der Waals surface area contributed by atoms with Crippen molar-refractivity contribution in [2.24, 2.45) is 0 Å². The van der Waals surface area contributed by atoms with Gasteiger partial charge in [-0.2, -0.15) is 0 Å². The Morgan fingerprint density at radius 1 is 0.889 bits per heavy atom. The van der Waals surface area contributed by atoms with Crippen LogP contribution in [0.25, 0.3) is 0 Å². The zero-order valence-corrected chi connectivity index (χ0v) is 22.1. The summed E-state index contributed by atoms with van der Waals surface area (Å²) in [5.74, 6) is -0.456. The molecule has 206 valence electrons. The second-order valence-corrected chi connectivity index (χ2v) is 11.8. The van der Waals surface area contributed by atoms with E-state index in [1.54, 1.807) is 0 Å². The molecule has 3 N–H and O–H groups in total. The maximum Gasteiger partial charge on any atom is 0.246 e. The number of aliphatic hydroxyl groups is 1. The predicted molar refractivity (Wildman–Crippen MR) is 133 cm³/mol. The molecule has 2 amide bonds. The standard InChI is InChI=1S/C26H42ClFN2O6/c1-2-34-17-3-5-18(6-4-17)35-15-23(32)29-25-9-11-26(12-10-25,22(31)14-25)30-24(33)16-36-19-7-8-20(27)21(28)13-19/h17-22,31H,2-16H2,1H3,(H,29,32)(H,30,33)/t17?,18?,19?,20?,21?,22-,25?,26?/m0/s1. The Morgan fingerprint density at radius 2 is 1.44 bits per heavy atom. The van der Waals surface area contributed by atoms with Crippen LogP contribution in [-0.4, -0.2) is 83.8 Å². The second-order valence-electron chi connectivity index (χ2n) is 11.2. The number of carbonyl (C=O) groups is 2. The molecule has 0 aromatic carbocycles. The van der Waals surface area contributed by atoms with Crippen LogP contribution in [0.1, 0.15) is 84.0 Å². The molecule has 4 atom stereocenters. The summed E-state index contributed by atoms with van der Waals surface area (Å²) in [7, 11) is 0. The highest BCUT2D eigenvalue weighted by molar-refractivity contribution is 6.21. The Labute approximate surface area is 218 Å². The third-order valence-corrected chi connectivity index (χ3v) is 9.17. The number of alkyl halides is 2. The lowest BCUT2D eigenvalue weighted by molar-refractivity contribution is -0.142. The molecule has 0 aliphatic heterocycles. The molecule has 0 aromatic rings. The highest BCUT2D eigenvalue weighted by Gasteiger charge is 2.55. The van der Waals surface area contributed by atoms with Gasteiger partial charge in [-0.25, -0.2) is 4.39 Å². The Kier molecular flexibility index (Phi) is 9.53. The minimum Gasteiger partial charge on any atom is -0.391 e. The van der Waals surface area contributed by atoms with Crippen LogP contribution in [-0.2, 0) is 23.8 Å². The molecule has 3 unspecified atom stereocenters. The Bertz CT molecular complexity index is 757. The first-order chi connectivity index (χ1) is 17.2.